The van der Waals surface area contributed by atoms with E-state index in [1.54, 1.807) is 18.3 Å². The molecule has 1 heterocycles. The fourth-order valence-corrected chi connectivity index (χ4v) is 1.23. The summed E-state index contributed by atoms with van der Waals surface area (Å²) in [5, 5.41) is 9.49. The van der Waals surface area contributed by atoms with Gasteiger partial charge in [-0.05, 0) is 18.6 Å². The van der Waals surface area contributed by atoms with Crippen LogP contribution >= 0.6 is 0 Å². The Balaban J connectivity index is 2.74. The molecule has 0 aliphatic carbocycles. The molecule has 1 N–H and O–H groups in total. The zero-order chi connectivity index (χ0) is 9.26. The van der Waals surface area contributed by atoms with Gasteiger partial charge >= 0.3 is 0 Å². The van der Waals surface area contributed by atoms with Crippen LogP contribution in [0.15, 0.2) is 24.4 Å². The molecule has 3 heteroatoms. The first-order valence-electron chi connectivity index (χ1n) is 4.25. The zero-order valence-electron chi connectivity index (χ0n) is 7.36. The van der Waals surface area contributed by atoms with Crippen molar-refractivity contribution >= 4 is 11.0 Å². The Labute approximate surface area is 76.1 Å². The lowest BCUT2D eigenvalue weighted by Gasteiger charge is -2.00. The van der Waals surface area contributed by atoms with Gasteiger partial charge in [-0.1, -0.05) is 13.0 Å². The highest BCUT2D eigenvalue weighted by atomic mass is 16.3. The highest BCUT2D eigenvalue weighted by Gasteiger charge is 2.01. The van der Waals surface area contributed by atoms with Gasteiger partial charge in [0.2, 0.25) is 0 Å². The van der Waals surface area contributed by atoms with Gasteiger partial charge in [-0.25, -0.2) is 4.98 Å². The number of benzene rings is 1. The molecule has 1 aromatic heterocycles. The van der Waals surface area contributed by atoms with Crippen molar-refractivity contribution in [3.8, 4) is 5.75 Å². The molecule has 2 rings (SSSR count). The number of aromatic nitrogens is 2. The predicted octanol–water partition coefficient (Wildman–Crippen LogP) is 1.90. The van der Waals surface area contributed by atoms with Crippen molar-refractivity contribution in [1.29, 1.82) is 0 Å². The van der Waals surface area contributed by atoms with Crippen molar-refractivity contribution in [2.24, 2.45) is 0 Å². The molecule has 0 aliphatic heterocycles. The summed E-state index contributed by atoms with van der Waals surface area (Å²) in [7, 11) is 0. The van der Waals surface area contributed by atoms with E-state index in [0.717, 1.165) is 17.6 Å². The normalized spacial score (nSPS) is 10.5. The molecule has 0 saturated carbocycles. The van der Waals surface area contributed by atoms with Gasteiger partial charge in [0.25, 0.3) is 0 Å². The Hall–Kier alpha value is -1.64. The second kappa shape index (κ2) is 3.01. The minimum Gasteiger partial charge on any atom is -0.506 e. The molecule has 13 heavy (non-hydrogen) atoms. The first kappa shape index (κ1) is 7.98. The van der Waals surface area contributed by atoms with Crippen LogP contribution in [0.3, 0.4) is 0 Å². The van der Waals surface area contributed by atoms with Gasteiger partial charge in [-0.2, -0.15) is 0 Å². The topological polar surface area (TPSA) is 46.0 Å². The van der Waals surface area contributed by atoms with Crippen molar-refractivity contribution in [1.82, 2.24) is 9.97 Å². The Kier molecular flexibility index (Phi) is 1.85. The van der Waals surface area contributed by atoms with Crippen molar-refractivity contribution in [3.63, 3.8) is 0 Å². The average Bonchev–Trinajstić information content (AvgIpc) is 2.18. The van der Waals surface area contributed by atoms with Crippen molar-refractivity contribution in [2.45, 2.75) is 13.3 Å². The quantitative estimate of drug-likeness (QED) is 0.718. The summed E-state index contributed by atoms with van der Waals surface area (Å²) in [4.78, 5) is 8.47. The van der Waals surface area contributed by atoms with Gasteiger partial charge in [0.1, 0.15) is 11.3 Å². The third-order valence-corrected chi connectivity index (χ3v) is 1.96. The molecule has 0 fully saturated rings. The summed E-state index contributed by atoms with van der Waals surface area (Å²) in [5.74, 6) is 0.195. The van der Waals surface area contributed by atoms with Crippen molar-refractivity contribution < 1.29 is 5.11 Å². The van der Waals surface area contributed by atoms with Crippen LogP contribution in [0.1, 0.15) is 12.6 Å². The molecule has 2 aromatic rings. The summed E-state index contributed by atoms with van der Waals surface area (Å²) in [6.07, 6.45) is 2.57. The van der Waals surface area contributed by atoms with Crippen molar-refractivity contribution in [2.75, 3.05) is 0 Å². The second-order valence-electron chi connectivity index (χ2n) is 2.86. The van der Waals surface area contributed by atoms with Crippen LogP contribution in [0.4, 0.5) is 0 Å². The smallest absolute Gasteiger partial charge is 0.143 e. The molecule has 1 aromatic carbocycles. The van der Waals surface area contributed by atoms with Crippen LogP contribution in [-0.4, -0.2) is 15.1 Å². The summed E-state index contributed by atoms with van der Waals surface area (Å²) >= 11 is 0. The molecule has 0 spiro atoms. The number of rotatable bonds is 1. The number of para-hydroxylation sites is 1. The molecule has 0 atom stereocenters. The van der Waals surface area contributed by atoms with Crippen LogP contribution in [-0.2, 0) is 6.42 Å². The number of hydrogen-bond acceptors (Lipinski definition) is 3. The number of aryl methyl sites for hydroxylation is 1. The maximum atomic E-state index is 9.49. The van der Waals surface area contributed by atoms with Gasteiger partial charge in [-0.15, -0.1) is 0 Å². The summed E-state index contributed by atoms with van der Waals surface area (Å²) in [5.41, 5.74) is 2.22. The van der Waals surface area contributed by atoms with E-state index < -0.39 is 0 Å². The Morgan fingerprint density at radius 3 is 3.00 bits per heavy atom. The third kappa shape index (κ3) is 1.33. The van der Waals surface area contributed by atoms with Gasteiger partial charge in [0.05, 0.1) is 11.2 Å². The van der Waals surface area contributed by atoms with Gasteiger partial charge in [-0.3, -0.25) is 4.98 Å². The molecule has 66 valence electrons. The second-order valence-corrected chi connectivity index (χ2v) is 2.86. The Morgan fingerprint density at radius 2 is 2.23 bits per heavy atom. The lowest BCUT2D eigenvalue weighted by Crippen LogP contribution is -1.90. The minimum atomic E-state index is 0.195. The number of phenols is 1. The summed E-state index contributed by atoms with van der Waals surface area (Å²) in [6, 6.07) is 5.22. The molecule has 3 nitrogen and oxygen atoms in total. The van der Waals surface area contributed by atoms with Crippen molar-refractivity contribution in [3.05, 3.63) is 30.1 Å². The number of fused-ring (bicyclic) bond motifs is 1. The number of phenolic OH excluding ortho intramolecular Hbond substituents is 1. The van der Waals surface area contributed by atoms with Crippen LogP contribution in [0.5, 0.6) is 5.75 Å². The maximum absolute atomic E-state index is 9.49. The third-order valence-electron chi connectivity index (χ3n) is 1.96. The van der Waals surface area contributed by atoms with Gasteiger partial charge < -0.3 is 5.11 Å². The van der Waals surface area contributed by atoms with Crippen LogP contribution in [0.25, 0.3) is 11.0 Å². The van der Waals surface area contributed by atoms with Crippen LogP contribution in [0.2, 0.25) is 0 Å². The van der Waals surface area contributed by atoms with Gasteiger partial charge in [0, 0.05) is 6.20 Å². The van der Waals surface area contributed by atoms with E-state index in [0.29, 0.717) is 5.52 Å². The first-order valence-corrected chi connectivity index (χ1v) is 4.25. The first-order chi connectivity index (χ1) is 6.31. The standard InChI is InChI=1S/C10H10N2O/c1-2-7-6-11-8-4-3-5-9(13)10(8)12-7/h3-6,13H,2H2,1H3. The molecule has 0 saturated heterocycles. The highest BCUT2D eigenvalue weighted by molar-refractivity contribution is 5.80. The Morgan fingerprint density at radius 1 is 1.38 bits per heavy atom. The minimum absolute atomic E-state index is 0.195. The lowest BCUT2D eigenvalue weighted by atomic mass is 10.2. The average molecular weight is 174 g/mol. The fourth-order valence-electron chi connectivity index (χ4n) is 1.23. The highest BCUT2D eigenvalue weighted by Crippen LogP contribution is 2.20. The number of nitrogens with zero attached hydrogens (tertiary/aromatic N) is 2. The summed E-state index contributed by atoms with van der Waals surface area (Å²) < 4.78 is 0. The molecule has 0 unspecified atom stereocenters. The monoisotopic (exact) mass is 174 g/mol. The van der Waals surface area contributed by atoms with Crippen LogP contribution < -0.4 is 0 Å². The molecular weight excluding hydrogens is 164 g/mol. The largest absolute Gasteiger partial charge is 0.506 e. The maximum Gasteiger partial charge on any atom is 0.143 e. The SMILES string of the molecule is CCc1cnc2cccc(O)c2n1. The fraction of sp³-hybridized carbons (Fsp3) is 0.200. The van der Waals surface area contributed by atoms with E-state index >= 15 is 0 Å². The number of aromatic hydroxyl groups is 1. The summed E-state index contributed by atoms with van der Waals surface area (Å²) in [6.45, 7) is 2.01. The molecule has 0 amide bonds. The van der Waals surface area contributed by atoms with E-state index in [1.165, 1.54) is 0 Å². The van der Waals surface area contributed by atoms with Crippen LogP contribution in [0, 0.1) is 0 Å². The van der Waals surface area contributed by atoms with E-state index in [-0.39, 0.29) is 5.75 Å². The number of hydrogen-bond donors (Lipinski definition) is 1. The van der Waals surface area contributed by atoms with E-state index in [1.807, 2.05) is 13.0 Å². The molecule has 0 bridgehead atoms. The molecule has 0 aliphatic rings. The molecular formula is C10H10N2O. The lowest BCUT2D eigenvalue weighted by molar-refractivity contribution is 0.480. The molecule has 0 radical (unpaired) electrons. The van der Waals surface area contributed by atoms with E-state index in [2.05, 4.69) is 9.97 Å². The van der Waals surface area contributed by atoms with Gasteiger partial charge in [0.15, 0.2) is 0 Å². The van der Waals surface area contributed by atoms with E-state index in [4.69, 9.17) is 0 Å². The van der Waals surface area contributed by atoms with E-state index in [9.17, 15) is 5.11 Å². The zero-order valence-corrected chi connectivity index (χ0v) is 7.36. The Bertz CT molecular complexity index is 440. The predicted molar refractivity (Wildman–Crippen MR) is 50.6 cm³/mol.